The average molecular weight is 269 g/mol. The van der Waals surface area contributed by atoms with E-state index in [1.165, 1.54) is 18.6 Å². The number of carbonyl (C=O) groups excluding carboxylic acids is 2. The molecule has 6 nitrogen and oxygen atoms in total. The Morgan fingerprint density at radius 1 is 1.15 bits per heavy atom. The largest absolute Gasteiger partial charge is 0.464 e. The van der Waals surface area contributed by atoms with Crippen molar-refractivity contribution >= 4 is 33.8 Å². The van der Waals surface area contributed by atoms with Crippen molar-refractivity contribution in [1.29, 1.82) is 0 Å². The lowest BCUT2D eigenvalue weighted by Gasteiger charge is -2.00. The van der Waals surface area contributed by atoms with Crippen molar-refractivity contribution in [3.8, 4) is 0 Å². The zero-order valence-corrected chi connectivity index (χ0v) is 11.0. The number of rotatable bonds is 1. The number of carbonyl (C=O) groups is 2. The summed E-state index contributed by atoms with van der Waals surface area (Å²) in [6.07, 6.45) is 0. The fraction of sp³-hybridized carbons (Fsp3) is 0.143. The van der Waals surface area contributed by atoms with E-state index >= 15 is 0 Å². The van der Waals surface area contributed by atoms with Crippen molar-refractivity contribution in [3.05, 3.63) is 36.0 Å². The number of nitrogens with zero attached hydrogens (tertiary/aromatic N) is 3. The average Bonchev–Trinajstić information content (AvgIpc) is 2.80. The van der Waals surface area contributed by atoms with Crippen LogP contribution in [0.25, 0.3) is 21.9 Å². The highest BCUT2D eigenvalue weighted by Gasteiger charge is 2.17. The first kappa shape index (κ1) is 12.3. The number of benzene rings is 1. The summed E-state index contributed by atoms with van der Waals surface area (Å²) in [5.41, 5.74) is 1.30. The molecule has 0 aliphatic heterocycles. The first-order valence-electron chi connectivity index (χ1n) is 5.99. The second kappa shape index (κ2) is 4.41. The Labute approximate surface area is 114 Å². The molecule has 0 atom stereocenters. The lowest BCUT2D eigenvalue weighted by molar-refractivity contribution is 0.0593. The van der Waals surface area contributed by atoms with Gasteiger partial charge in [0.2, 0.25) is 5.91 Å². The number of hydrogen-bond acceptors (Lipinski definition) is 5. The molecule has 0 unspecified atom stereocenters. The third-order valence-corrected chi connectivity index (χ3v) is 3.13. The summed E-state index contributed by atoms with van der Waals surface area (Å²) in [7, 11) is 1.28. The Morgan fingerprint density at radius 2 is 1.90 bits per heavy atom. The van der Waals surface area contributed by atoms with E-state index in [0.717, 1.165) is 10.9 Å². The Bertz CT molecular complexity index is 851. The zero-order valence-electron chi connectivity index (χ0n) is 11.0. The van der Waals surface area contributed by atoms with Crippen molar-refractivity contribution in [3.63, 3.8) is 0 Å². The number of esters is 1. The maximum atomic E-state index is 11.8. The predicted octanol–water partition coefficient (Wildman–Crippen LogP) is 2.03. The lowest BCUT2D eigenvalue weighted by Crippen LogP contribution is -2.09. The molecule has 100 valence electrons. The third kappa shape index (κ3) is 1.65. The van der Waals surface area contributed by atoms with Crippen LogP contribution in [0.15, 0.2) is 30.3 Å². The van der Waals surface area contributed by atoms with Crippen LogP contribution < -0.4 is 0 Å². The molecule has 0 saturated heterocycles. The van der Waals surface area contributed by atoms with Crippen molar-refractivity contribution < 1.29 is 14.3 Å². The minimum atomic E-state index is -0.556. The monoisotopic (exact) mass is 269 g/mol. The summed E-state index contributed by atoms with van der Waals surface area (Å²) in [5, 5.41) is 9.36. The van der Waals surface area contributed by atoms with Gasteiger partial charge in [-0.1, -0.05) is 18.2 Å². The van der Waals surface area contributed by atoms with E-state index in [2.05, 4.69) is 14.9 Å². The molecule has 6 heteroatoms. The second-order valence-electron chi connectivity index (χ2n) is 4.33. The summed E-state index contributed by atoms with van der Waals surface area (Å²) < 4.78 is 6.12. The molecular formula is C14H11N3O3. The minimum Gasteiger partial charge on any atom is -0.464 e. The van der Waals surface area contributed by atoms with Crippen LogP contribution in [0.3, 0.4) is 0 Å². The molecule has 0 radical (unpaired) electrons. The van der Waals surface area contributed by atoms with Crippen LogP contribution in [0.4, 0.5) is 0 Å². The van der Waals surface area contributed by atoms with E-state index < -0.39 is 5.97 Å². The van der Waals surface area contributed by atoms with E-state index in [1.54, 1.807) is 6.07 Å². The van der Waals surface area contributed by atoms with Crippen LogP contribution in [-0.4, -0.2) is 33.8 Å². The van der Waals surface area contributed by atoms with E-state index in [-0.39, 0.29) is 11.6 Å². The molecule has 0 saturated carbocycles. The van der Waals surface area contributed by atoms with Gasteiger partial charge in [0.1, 0.15) is 0 Å². The molecule has 0 fully saturated rings. The maximum Gasteiger partial charge on any atom is 0.358 e. The Hall–Kier alpha value is -2.76. The highest BCUT2D eigenvalue weighted by molar-refractivity contribution is 6.12. The summed E-state index contributed by atoms with van der Waals surface area (Å²) >= 11 is 0. The van der Waals surface area contributed by atoms with Gasteiger partial charge in [0.25, 0.3) is 0 Å². The van der Waals surface area contributed by atoms with E-state index in [1.807, 2.05) is 24.3 Å². The molecule has 3 rings (SSSR count). The Kier molecular flexibility index (Phi) is 2.71. The minimum absolute atomic E-state index is 0.117. The van der Waals surface area contributed by atoms with Crippen molar-refractivity contribution in [2.24, 2.45) is 0 Å². The number of fused-ring (bicyclic) bond motifs is 3. The zero-order chi connectivity index (χ0) is 14.3. The predicted molar refractivity (Wildman–Crippen MR) is 72.7 cm³/mol. The molecule has 0 N–H and O–H groups in total. The molecule has 3 aromatic rings. The topological polar surface area (TPSA) is 74.1 Å². The normalized spacial score (nSPS) is 10.9. The first-order chi connectivity index (χ1) is 9.63. The van der Waals surface area contributed by atoms with Gasteiger partial charge in [-0.05, 0) is 12.1 Å². The van der Waals surface area contributed by atoms with Gasteiger partial charge in [0, 0.05) is 17.7 Å². The maximum absolute atomic E-state index is 11.8. The van der Waals surface area contributed by atoms with Gasteiger partial charge in [-0.25, -0.2) is 4.79 Å². The third-order valence-electron chi connectivity index (χ3n) is 3.13. The highest BCUT2D eigenvalue weighted by atomic mass is 16.5. The smallest absolute Gasteiger partial charge is 0.358 e. The molecule has 0 aliphatic rings. The fourth-order valence-electron chi connectivity index (χ4n) is 2.28. The summed E-state index contributed by atoms with van der Waals surface area (Å²) in [5.74, 6) is -0.713. The molecule has 1 aromatic carbocycles. The van der Waals surface area contributed by atoms with Crippen LogP contribution in [0, 0.1) is 0 Å². The van der Waals surface area contributed by atoms with Gasteiger partial charge < -0.3 is 4.74 Å². The number of ether oxygens (including phenoxy) is 1. The fourth-order valence-corrected chi connectivity index (χ4v) is 2.28. The SMILES string of the molecule is COC(=O)c1cc2c3ccccc3n(C(C)=O)c2nn1. The molecule has 0 aliphatic carbocycles. The van der Waals surface area contributed by atoms with E-state index in [4.69, 9.17) is 0 Å². The standard InChI is InChI=1S/C14H11N3O3/c1-8(18)17-12-6-4-3-5-9(12)10-7-11(14(19)20-2)15-16-13(10)17/h3-7H,1-2H3. The van der Waals surface area contributed by atoms with Crippen LogP contribution >= 0.6 is 0 Å². The van der Waals surface area contributed by atoms with Crippen LogP contribution in [-0.2, 0) is 4.74 Å². The molecule has 0 bridgehead atoms. The van der Waals surface area contributed by atoms with Gasteiger partial charge >= 0.3 is 5.97 Å². The van der Waals surface area contributed by atoms with Gasteiger partial charge in [0.05, 0.1) is 12.6 Å². The van der Waals surface area contributed by atoms with Crippen molar-refractivity contribution in [1.82, 2.24) is 14.8 Å². The van der Waals surface area contributed by atoms with E-state index in [9.17, 15) is 9.59 Å². The first-order valence-corrected chi connectivity index (χ1v) is 5.99. The molecule has 2 aromatic heterocycles. The number of para-hydroxylation sites is 1. The van der Waals surface area contributed by atoms with Crippen molar-refractivity contribution in [2.75, 3.05) is 7.11 Å². The molecule has 0 amide bonds. The quantitative estimate of drug-likeness (QED) is 0.632. The van der Waals surface area contributed by atoms with E-state index in [0.29, 0.717) is 11.0 Å². The molecule has 0 spiro atoms. The van der Waals surface area contributed by atoms with Crippen LogP contribution in [0.1, 0.15) is 22.2 Å². The Morgan fingerprint density at radius 3 is 2.60 bits per heavy atom. The lowest BCUT2D eigenvalue weighted by atomic mass is 10.2. The van der Waals surface area contributed by atoms with Gasteiger partial charge in [-0.15, -0.1) is 10.2 Å². The number of hydrogen-bond donors (Lipinski definition) is 0. The van der Waals surface area contributed by atoms with Crippen molar-refractivity contribution in [2.45, 2.75) is 6.92 Å². The second-order valence-corrected chi connectivity index (χ2v) is 4.33. The summed E-state index contributed by atoms with van der Waals surface area (Å²) in [6.45, 7) is 1.46. The van der Waals surface area contributed by atoms with Crippen LogP contribution in [0.5, 0.6) is 0 Å². The number of aromatic nitrogens is 3. The highest BCUT2D eigenvalue weighted by Crippen LogP contribution is 2.27. The van der Waals surface area contributed by atoms with Gasteiger partial charge in [-0.2, -0.15) is 0 Å². The molecule has 20 heavy (non-hydrogen) atoms. The molecular weight excluding hydrogens is 258 g/mol. The summed E-state index contributed by atoms with van der Waals surface area (Å²) in [4.78, 5) is 23.3. The van der Waals surface area contributed by atoms with Gasteiger partial charge in [0.15, 0.2) is 11.3 Å². The summed E-state index contributed by atoms with van der Waals surface area (Å²) in [6, 6.07) is 9.01. The Balaban J connectivity index is 2.44. The van der Waals surface area contributed by atoms with Gasteiger partial charge in [-0.3, -0.25) is 9.36 Å². The van der Waals surface area contributed by atoms with Crippen LogP contribution in [0.2, 0.25) is 0 Å². The number of methoxy groups -OCH3 is 1. The molecule has 2 heterocycles.